The summed E-state index contributed by atoms with van der Waals surface area (Å²) in [4.78, 5) is 24.2. The van der Waals surface area contributed by atoms with Crippen molar-refractivity contribution in [2.45, 2.75) is 18.9 Å². The van der Waals surface area contributed by atoms with Crippen LogP contribution in [0.2, 0.25) is 0 Å². The van der Waals surface area contributed by atoms with Crippen LogP contribution in [0, 0.1) is 0 Å². The average Bonchev–Trinajstić information content (AvgIpc) is 2.67. The molecule has 102 valence electrons. The molecule has 1 aromatic rings. The van der Waals surface area contributed by atoms with Gasteiger partial charge in [0.2, 0.25) is 11.8 Å². The Bertz CT molecular complexity index is 487. The average molecular weight is 262 g/mol. The highest BCUT2D eigenvalue weighted by Gasteiger charge is 2.35. The summed E-state index contributed by atoms with van der Waals surface area (Å²) in [7, 11) is 3.16. The molecular weight excluding hydrogens is 244 g/mol. The number of nitrogens with one attached hydrogen (secondary N) is 1. The quantitative estimate of drug-likeness (QED) is 0.789. The third-order valence-corrected chi connectivity index (χ3v) is 3.32. The van der Waals surface area contributed by atoms with Crippen molar-refractivity contribution in [3.63, 3.8) is 0 Å². The van der Waals surface area contributed by atoms with E-state index in [1.165, 1.54) is 11.9 Å². The highest BCUT2D eigenvalue weighted by molar-refractivity contribution is 6.05. The van der Waals surface area contributed by atoms with Gasteiger partial charge in [-0.15, -0.1) is 0 Å². The van der Waals surface area contributed by atoms with Crippen LogP contribution in [-0.2, 0) is 16.0 Å². The van der Waals surface area contributed by atoms with Crippen LogP contribution in [-0.4, -0.2) is 43.5 Å². The zero-order chi connectivity index (χ0) is 13.8. The van der Waals surface area contributed by atoms with Crippen molar-refractivity contribution in [3.8, 4) is 5.75 Å². The van der Waals surface area contributed by atoms with Crippen LogP contribution in [0.15, 0.2) is 24.3 Å². The zero-order valence-corrected chi connectivity index (χ0v) is 11.2. The summed E-state index contributed by atoms with van der Waals surface area (Å²) in [6, 6.07) is 7.44. The van der Waals surface area contributed by atoms with E-state index in [2.05, 4.69) is 5.32 Å². The normalized spacial score (nSPS) is 19.1. The third-order valence-electron chi connectivity index (χ3n) is 3.32. The van der Waals surface area contributed by atoms with Gasteiger partial charge in [-0.25, -0.2) is 0 Å². The second-order valence-corrected chi connectivity index (χ2v) is 4.60. The second kappa shape index (κ2) is 5.84. The van der Waals surface area contributed by atoms with E-state index in [1.54, 1.807) is 7.11 Å². The fourth-order valence-electron chi connectivity index (χ4n) is 2.13. The lowest BCUT2D eigenvalue weighted by Crippen LogP contribution is -2.38. The number of likely N-dealkylation sites (N-methyl/N-ethyl adjacent to an activating group) is 1. The molecule has 19 heavy (non-hydrogen) atoms. The second-order valence-electron chi connectivity index (χ2n) is 4.60. The Morgan fingerprint density at radius 2 is 2.21 bits per heavy atom. The summed E-state index contributed by atoms with van der Waals surface area (Å²) in [6.07, 6.45) is 1.05. The van der Waals surface area contributed by atoms with Crippen molar-refractivity contribution in [2.24, 2.45) is 0 Å². The largest absolute Gasteiger partial charge is 0.497 e. The maximum Gasteiger partial charge on any atom is 0.246 e. The van der Waals surface area contributed by atoms with Crippen LogP contribution >= 0.6 is 0 Å². The van der Waals surface area contributed by atoms with Gasteiger partial charge in [-0.1, -0.05) is 12.1 Å². The van der Waals surface area contributed by atoms with E-state index >= 15 is 0 Å². The first-order valence-corrected chi connectivity index (χ1v) is 6.28. The minimum absolute atomic E-state index is 0.121. The standard InChI is InChI=1S/C14H18N2O3/c1-16-13(17)9-12(14(16)18)15-7-6-10-4-3-5-11(8-10)19-2/h3-5,8,12,15H,6-7,9H2,1-2H3. The van der Waals surface area contributed by atoms with Crippen LogP contribution in [0.1, 0.15) is 12.0 Å². The monoisotopic (exact) mass is 262 g/mol. The molecule has 0 saturated carbocycles. The van der Waals surface area contributed by atoms with Gasteiger partial charge in [0.1, 0.15) is 5.75 Å². The Labute approximate surface area is 112 Å². The molecule has 0 bridgehead atoms. The van der Waals surface area contributed by atoms with Gasteiger partial charge in [-0.3, -0.25) is 14.5 Å². The minimum atomic E-state index is -0.372. The highest BCUT2D eigenvalue weighted by atomic mass is 16.5. The molecule has 1 saturated heterocycles. The fourth-order valence-corrected chi connectivity index (χ4v) is 2.13. The Hall–Kier alpha value is -1.88. The van der Waals surface area contributed by atoms with E-state index in [1.807, 2.05) is 24.3 Å². The molecule has 1 unspecified atom stereocenters. The van der Waals surface area contributed by atoms with E-state index in [0.29, 0.717) is 6.54 Å². The molecule has 1 atom stereocenters. The number of hydrogen-bond donors (Lipinski definition) is 1. The summed E-state index contributed by atoms with van der Waals surface area (Å²) in [6.45, 7) is 0.657. The molecule has 0 radical (unpaired) electrons. The van der Waals surface area contributed by atoms with Gasteiger partial charge in [0.05, 0.1) is 19.6 Å². The molecule has 2 amide bonds. The number of ether oxygens (including phenoxy) is 1. The molecule has 1 N–H and O–H groups in total. The number of hydrogen-bond acceptors (Lipinski definition) is 4. The molecule has 5 nitrogen and oxygen atoms in total. The van der Waals surface area contributed by atoms with Crippen molar-refractivity contribution in [3.05, 3.63) is 29.8 Å². The van der Waals surface area contributed by atoms with Gasteiger partial charge in [0, 0.05) is 7.05 Å². The molecule has 0 aromatic heterocycles. The summed E-state index contributed by atoms with van der Waals surface area (Å²) >= 11 is 0. The van der Waals surface area contributed by atoms with Crippen LogP contribution in [0.3, 0.4) is 0 Å². The minimum Gasteiger partial charge on any atom is -0.497 e. The summed E-state index contributed by atoms with van der Waals surface area (Å²) in [5.41, 5.74) is 1.14. The maximum atomic E-state index is 11.7. The van der Waals surface area contributed by atoms with Gasteiger partial charge >= 0.3 is 0 Å². The first-order chi connectivity index (χ1) is 9.11. The number of rotatable bonds is 5. The molecule has 1 aliphatic heterocycles. The molecule has 0 aliphatic carbocycles. The highest BCUT2D eigenvalue weighted by Crippen LogP contribution is 2.13. The number of likely N-dealkylation sites (tertiary alicyclic amines) is 1. The lowest BCUT2D eigenvalue weighted by molar-refractivity contribution is -0.137. The van der Waals surface area contributed by atoms with Crippen molar-refractivity contribution in [1.29, 1.82) is 0 Å². The SMILES string of the molecule is COc1cccc(CCNC2CC(=O)N(C)C2=O)c1. The molecule has 5 heteroatoms. The molecule has 1 fully saturated rings. The summed E-state index contributed by atoms with van der Waals surface area (Å²) in [5.74, 6) is 0.559. The van der Waals surface area contributed by atoms with Crippen molar-refractivity contribution >= 4 is 11.8 Å². The van der Waals surface area contributed by atoms with Crippen molar-refractivity contribution in [1.82, 2.24) is 10.2 Å². The van der Waals surface area contributed by atoms with Gasteiger partial charge in [-0.05, 0) is 30.7 Å². The van der Waals surface area contributed by atoms with Crippen LogP contribution in [0.4, 0.5) is 0 Å². The lowest BCUT2D eigenvalue weighted by Gasteiger charge is -2.11. The number of carbonyl (C=O) groups excluding carboxylic acids is 2. The van der Waals surface area contributed by atoms with Crippen LogP contribution < -0.4 is 10.1 Å². The van der Waals surface area contributed by atoms with Crippen molar-refractivity contribution in [2.75, 3.05) is 20.7 Å². The number of imide groups is 1. The Morgan fingerprint density at radius 1 is 1.42 bits per heavy atom. The molecule has 1 aliphatic rings. The Kier molecular flexibility index (Phi) is 4.16. The smallest absolute Gasteiger partial charge is 0.246 e. The first kappa shape index (κ1) is 13.5. The maximum absolute atomic E-state index is 11.7. The zero-order valence-electron chi connectivity index (χ0n) is 11.2. The Balaban J connectivity index is 1.84. The third kappa shape index (κ3) is 3.12. The van der Waals surface area contributed by atoms with Crippen LogP contribution in [0.25, 0.3) is 0 Å². The van der Waals surface area contributed by atoms with Gasteiger partial charge < -0.3 is 10.1 Å². The number of carbonyl (C=O) groups is 2. The summed E-state index contributed by atoms with van der Waals surface area (Å²) < 4.78 is 5.15. The lowest BCUT2D eigenvalue weighted by atomic mass is 10.1. The molecule has 0 spiro atoms. The van der Waals surface area contributed by atoms with Gasteiger partial charge in [0.15, 0.2) is 0 Å². The predicted molar refractivity (Wildman–Crippen MR) is 70.9 cm³/mol. The van der Waals surface area contributed by atoms with Crippen molar-refractivity contribution < 1.29 is 14.3 Å². The van der Waals surface area contributed by atoms with Gasteiger partial charge in [0.25, 0.3) is 0 Å². The number of amides is 2. The molecule has 1 aromatic carbocycles. The van der Waals surface area contributed by atoms with E-state index in [9.17, 15) is 9.59 Å². The number of benzene rings is 1. The fraction of sp³-hybridized carbons (Fsp3) is 0.429. The van der Waals surface area contributed by atoms with E-state index in [0.717, 1.165) is 17.7 Å². The molecule has 2 rings (SSSR count). The molecular formula is C14H18N2O3. The van der Waals surface area contributed by atoms with E-state index in [4.69, 9.17) is 4.74 Å². The van der Waals surface area contributed by atoms with E-state index in [-0.39, 0.29) is 24.3 Å². The number of methoxy groups -OCH3 is 1. The van der Waals surface area contributed by atoms with Gasteiger partial charge in [-0.2, -0.15) is 0 Å². The Morgan fingerprint density at radius 3 is 2.84 bits per heavy atom. The number of nitrogens with zero attached hydrogens (tertiary/aromatic N) is 1. The predicted octanol–water partition coefficient (Wildman–Crippen LogP) is 0.585. The van der Waals surface area contributed by atoms with Crippen LogP contribution in [0.5, 0.6) is 5.75 Å². The topological polar surface area (TPSA) is 58.6 Å². The van der Waals surface area contributed by atoms with E-state index < -0.39 is 0 Å². The molecule has 1 heterocycles. The summed E-state index contributed by atoms with van der Waals surface area (Å²) in [5, 5.41) is 3.13. The first-order valence-electron chi connectivity index (χ1n) is 6.28.